The molecule has 2 heteroatoms. The molecule has 1 nitrogen and oxygen atoms in total. The SMILES string of the molecule is CC#CB/C(C)=C(\C=C/C)N(C)C(/C=C\C)=C(C)/C=C\C. The number of rotatable bonds is 6. The average Bonchev–Trinajstić information content (AvgIpc) is 2.47. The summed E-state index contributed by atoms with van der Waals surface area (Å²) in [5.41, 5.74) is 4.93. The van der Waals surface area contributed by atoms with Crippen molar-refractivity contribution in [2.24, 2.45) is 0 Å². The molecule has 0 aromatic heterocycles. The Hall–Kier alpha value is -1.88. The van der Waals surface area contributed by atoms with Crippen molar-refractivity contribution >= 4 is 7.28 Å². The molecule has 0 radical (unpaired) electrons. The first kappa shape index (κ1) is 19.1. The van der Waals surface area contributed by atoms with E-state index in [0.717, 1.165) is 7.28 Å². The van der Waals surface area contributed by atoms with Crippen LogP contribution in [-0.4, -0.2) is 19.2 Å². The Morgan fingerprint density at radius 2 is 1.43 bits per heavy atom. The minimum atomic E-state index is 0.798. The third-order valence-corrected chi connectivity index (χ3v) is 3.16. The summed E-state index contributed by atoms with van der Waals surface area (Å²) in [6.45, 7) is 12.3. The molecule has 0 heterocycles. The molecule has 0 aliphatic heterocycles. The molecule has 0 bridgehead atoms. The quantitative estimate of drug-likeness (QED) is 0.391. The molecule has 0 spiro atoms. The minimum Gasteiger partial charge on any atom is -0.345 e. The van der Waals surface area contributed by atoms with E-state index in [9.17, 15) is 0 Å². The van der Waals surface area contributed by atoms with Gasteiger partial charge >= 0.3 is 0 Å². The zero-order chi connectivity index (χ0) is 16.3. The Morgan fingerprint density at radius 1 is 0.905 bits per heavy atom. The van der Waals surface area contributed by atoms with Gasteiger partial charge in [0.15, 0.2) is 0 Å². The second-order valence-corrected chi connectivity index (χ2v) is 4.90. The summed E-state index contributed by atoms with van der Waals surface area (Å²) in [7, 11) is 2.91. The molecule has 0 atom stereocenters. The van der Waals surface area contributed by atoms with Gasteiger partial charge in [0.2, 0.25) is 7.28 Å². The molecule has 112 valence electrons. The fourth-order valence-electron chi connectivity index (χ4n) is 2.14. The molecule has 0 saturated heterocycles. The van der Waals surface area contributed by atoms with E-state index in [2.05, 4.69) is 74.0 Å². The summed E-state index contributed by atoms with van der Waals surface area (Å²) < 4.78 is 0. The number of nitrogens with zero attached hydrogens (tertiary/aromatic N) is 1. The number of likely N-dealkylation sites (N-methyl/N-ethyl adjacent to an activating group) is 1. The molecular weight excluding hydrogens is 253 g/mol. The van der Waals surface area contributed by atoms with Crippen molar-refractivity contribution in [2.75, 3.05) is 7.05 Å². The molecule has 0 rings (SSSR count). The van der Waals surface area contributed by atoms with Crippen molar-refractivity contribution in [1.29, 1.82) is 0 Å². The number of hydrogen-bond acceptors (Lipinski definition) is 1. The van der Waals surface area contributed by atoms with E-state index in [4.69, 9.17) is 0 Å². The van der Waals surface area contributed by atoms with Gasteiger partial charge in [0.1, 0.15) is 0 Å². The maximum atomic E-state index is 3.15. The van der Waals surface area contributed by atoms with Crippen LogP contribution in [0.4, 0.5) is 0 Å². The summed E-state index contributed by atoms with van der Waals surface area (Å²) in [5, 5.41) is 0. The smallest absolute Gasteiger partial charge is 0.243 e. The Morgan fingerprint density at radius 3 is 1.90 bits per heavy atom. The largest absolute Gasteiger partial charge is 0.345 e. The zero-order valence-electron chi connectivity index (χ0n) is 14.6. The van der Waals surface area contributed by atoms with Gasteiger partial charge in [0.25, 0.3) is 0 Å². The topological polar surface area (TPSA) is 3.24 Å². The third-order valence-electron chi connectivity index (χ3n) is 3.16. The van der Waals surface area contributed by atoms with Gasteiger partial charge in [-0.25, -0.2) is 0 Å². The molecule has 0 aliphatic rings. The van der Waals surface area contributed by atoms with Crippen LogP contribution in [0.25, 0.3) is 0 Å². The highest BCUT2D eigenvalue weighted by atomic mass is 15.1. The van der Waals surface area contributed by atoms with Gasteiger partial charge in [-0.1, -0.05) is 29.8 Å². The first-order valence-electron chi connectivity index (χ1n) is 7.45. The molecule has 0 aliphatic carbocycles. The predicted molar refractivity (Wildman–Crippen MR) is 98.2 cm³/mol. The predicted octanol–water partition coefficient (Wildman–Crippen LogP) is 4.57. The molecule has 0 amide bonds. The van der Waals surface area contributed by atoms with Crippen LogP contribution in [0.2, 0.25) is 0 Å². The first-order chi connectivity index (χ1) is 10.0. The van der Waals surface area contributed by atoms with Gasteiger partial charge in [0.05, 0.1) is 0 Å². The zero-order valence-corrected chi connectivity index (χ0v) is 14.6. The number of hydrogen-bond donors (Lipinski definition) is 0. The van der Waals surface area contributed by atoms with Gasteiger partial charge in [0, 0.05) is 18.4 Å². The lowest BCUT2D eigenvalue weighted by atomic mass is 9.70. The molecule has 21 heavy (non-hydrogen) atoms. The second-order valence-electron chi connectivity index (χ2n) is 4.90. The van der Waals surface area contributed by atoms with Crippen molar-refractivity contribution in [3.63, 3.8) is 0 Å². The van der Waals surface area contributed by atoms with E-state index in [1.165, 1.54) is 22.4 Å². The lowest BCUT2D eigenvalue weighted by Gasteiger charge is -2.25. The molecule has 0 aromatic carbocycles. The summed E-state index contributed by atoms with van der Waals surface area (Å²) in [4.78, 5) is 2.24. The van der Waals surface area contributed by atoms with Crippen molar-refractivity contribution in [2.45, 2.75) is 41.5 Å². The van der Waals surface area contributed by atoms with Crippen molar-refractivity contribution in [3.8, 4) is 11.7 Å². The van der Waals surface area contributed by atoms with Crippen molar-refractivity contribution in [3.05, 3.63) is 58.9 Å². The fourth-order valence-corrected chi connectivity index (χ4v) is 2.14. The Balaban J connectivity index is 5.88. The van der Waals surface area contributed by atoms with Gasteiger partial charge < -0.3 is 4.90 Å². The molecule has 0 aromatic rings. The maximum absolute atomic E-state index is 3.15. The van der Waals surface area contributed by atoms with Crippen LogP contribution in [0.5, 0.6) is 0 Å². The van der Waals surface area contributed by atoms with Gasteiger partial charge in [-0.15, -0.1) is 5.92 Å². The van der Waals surface area contributed by atoms with Crippen molar-refractivity contribution in [1.82, 2.24) is 4.90 Å². The summed E-state index contributed by atoms with van der Waals surface area (Å²) in [6.07, 6.45) is 12.7. The molecular formula is C19H28BN. The molecule has 0 fully saturated rings. The van der Waals surface area contributed by atoms with Gasteiger partial charge in [-0.05, 0) is 59.3 Å². The highest BCUT2D eigenvalue weighted by molar-refractivity contribution is 6.54. The van der Waals surface area contributed by atoms with Crippen LogP contribution >= 0.6 is 0 Å². The van der Waals surface area contributed by atoms with E-state index in [1.807, 2.05) is 27.7 Å². The maximum Gasteiger partial charge on any atom is 0.243 e. The average molecular weight is 281 g/mol. The summed E-state index contributed by atoms with van der Waals surface area (Å²) in [6, 6.07) is 0. The van der Waals surface area contributed by atoms with Gasteiger partial charge in [-0.2, -0.15) is 5.82 Å². The lowest BCUT2D eigenvalue weighted by molar-refractivity contribution is 0.546. The van der Waals surface area contributed by atoms with E-state index in [1.54, 1.807) is 0 Å². The molecule has 0 saturated carbocycles. The van der Waals surface area contributed by atoms with Crippen LogP contribution in [0, 0.1) is 11.7 Å². The van der Waals surface area contributed by atoms with Crippen LogP contribution in [0.15, 0.2) is 58.9 Å². The molecule has 0 N–H and O–H groups in total. The Kier molecular flexibility index (Phi) is 9.89. The Labute approximate surface area is 132 Å². The van der Waals surface area contributed by atoms with E-state index < -0.39 is 0 Å². The highest BCUT2D eigenvalue weighted by Gasteiger charge is 2.10. The standard InChI is InChI=1S/C19H28BN/c1-8-12-16(5)18(13-9-2)21(7)19(14-10-3)17(6)20-15-11-4/h8-10,12-14,20H,1-7H3/b12-8-,13-9-,14-10-,18-16+,19-17+. The van der Waals surface area contributed by atoms with Crippen molar-refractivity contribution < 1.29 is 0 Å². The van der Waals surface area contributed by atoms with Crippen LogP contribution in [0.3, 0.4) is 0 Å². The normalized spacial score (nSPS) is 14.0. The highest BCUT2D eigenvalue weighted by Crippen LogP contribution is 2.20. The van der Waals surface area contributed by atoms with E-state index >= 15 is 0 Å². The number of allylic oxidation sites excluding steroid dienone is 8. The van der Waals surface area contributed by atoms with Crippen LogP contribution in [0.1, 0.15) is 41.5 Å². The van der Waals surface area contributed by atoms with Crippen LogP contribution in [-0.2, 0) is 0 Å². The summed E-state index contributed by atoms with van der Waals surface area (Å²) in [5.74, 6) is 6.12. The Bertz CT molecular complexity index is 534. The minimum absolute atomic E-state index is 0.798. The third kappa shape index (κ3) is 6.41. The summed E-state index contributed by atoms with van der Waals surface area (Å²) >= 11 is 0. The second kappa shape index (κ2) is 10.9. The lowest BCUT2D eigenvalue weighted by Crippen LogP contribution is -2.19. The first-order valence-corrected chi connectivity index (χ1v) is 7.45. The van der Waals surface area contributed by atoms with E-state index in [0.29, 0.717) is 0 Å². The van der Waals surface area contributed by atoms with E-state index in [-0.39, 0.29) is 0 Å². The molecule has 0 unspecified atom stereocenters. The van der Waals surface area contributed by atoms with Gasteiger partial charge in [-0.3, -0.25) is 0 Å². The monoisotopic (exact) mass is 281 g/mol. The fraction of sp³-hybridized carbons (Fsp3) is 0.368. The van der Waals surface area contributed by atoms with Crippen LogP contribution < -0.4 is 0 Å².